The Hall–Kier alpha value is -3.59. The summed E-state index contributed by atoms with van der Waals surface area (Å²) in [5, 5.41) is 0. The predicted molar refractivity (Wildman–Crippen MR) is 120 cm³/mol. The minimum absolute atomic E-state index is 0.0404. The third-order valence-electron chi connectivity index (χ3n) is 5.05. The van der Waals surface area contributed by atoms with Crippen molar-refractivity contribution in [3.63, 3.8) is 0 Å². The summed E-state index contributed by atoms with van der Waals surface area (Å²) < 4.78 is 37.2. The van der Waals surface area contributed by atoms with Crippen molar-refractivity contribution >= 4 is 23.4 Å². The number of allylic oxidation sites excluding steroid dienone is 1. The molecule has 0 fully saturated rings. The molecule has 0 aliphatic carbocycles. The smallest absolute Gasteiger partial charge is 0.387 e. The number of benzene rings is 2. The SMILES string of the molecule is CCOC(=O)C1=C(C)N=c2s/c(=C/c3ccccc3OC(F)F)c(=O)n2[C@H]1c1ccccc1. The summed E-state index contributed by atoms with van der Waals surface area (Å²) in [5.74, 6) is -0.584. The van der Waals surface area contributed by atoms with E-state index >= 15 is 0 Å². The maximum atomic E-state index is 13.5. The van der Waals surface area contributed by atoms with Crippen molar-refractivity contribution < 1.29 is 23.0 Å². The van der Waals surface area contributed by atoms with E-state index in [1.807, 2.05) is 30.3 Å². The number of halogens is 2. The molecule has 0 bridgehead atoms. The summed E-state index contributed by atoms with van der Waals surface area (Å²) in [5.41, 5.74) is 1.40. The highest BCUT2D eigenvalue weighted by Gasteiger charge is 2.33. The van der Waals surface area contributed by atoms with E-state index in [0.717, 1.165) is 16.9 Å². The minimum Gasteiger partial charge on any atom is -0.463 e. The molecule has 1 atom stereocenters. The molecule has 0 unspecified atom stereocenters. The first-order chi connectivity index (χ1) is 15.9. The third kappa shape index (κ3) is 4.49. The molecular formula is C24H20F2N2O4S. The Morgan fingerprint density at radius 2 is 1.88 bits per heavy atom. The lowest BCUT2D eigenvalue weighted by molar-refractivity contribution is -0.139. The molecule has 0 N–H and O–H groups in total. The zero-order valence-electron chi connectivity index (χ0n) is 17.8. The highest BCUT2D eigenvalue weighted by atomic mass is 32.1. The van der Waals surface area contributed by atoms with E-state index in [1.54, 1.807) is 32.0 Å². The molecule has 6 nitrogen and oxygen atoms in total. The number of ether oxygens (including phenoxy) is 2. The monoisotopic (exact) mass is 470 g/mol. The first kappa shape index (κ1) is 22.6. The van der Waals surface area contributed by atoms with Gasteiger partial charge in [0.05, 0.1) is 28.5 Å². The van der Waals surface area contributed by atoms with Gasteiger partial charge in [0.15, 0.2) is 4.80 Å². The van der Waals surface area contributed by atoms with Gasteiger partial charge in [-0.1, -0.05) is 59.9 Å². The first-order valence-corrected chi connectivity index (χ1v) is 11.0. The molecule has 1 aromatic heterocycles. The Bertz CT molecular complexity index is 1390. The largest absolute Gasteiger partial charge is 0.463 e. The normalized spacial score (nSPS) is 15.9. The molecule has 170 valence electrons. The van der Waals surface area contributed by atoms with Crippen molar-refractivity contribution in [3.8, 4) is 5.75 Å². The number of hydrogen-bond acceptors (Lipinski definition) is 6. The number of carbonyl (C=O) groups excluding carboxylic acids is 1. The van der Waals surface area contributed by atoms with E-state index in [9.17, 15) is 18.4 Å². The van der Waals surface area contributed by atoms with Gasteiger partial charge >= 0.3 is 12.6 Å². The lowest BCUT2D eigenvalue weighted by Crippen LogP contribution is -2.39. The van der Waals surface area contributed by atoms with Gasteiger partial charge in [0.25, 0.3) is 5.56 Å². The van der Waals surface area contributed by atoms with Crippen LogP contribution in [0, 0.1) is 0 Å². The van der Waals surface area contributed by atoms with Crippen LogP contribution in [0.3, 0.4) is 0 Å². The lowest BCUT2D eigenvalue weighted by atomic mass is 9.96. The quantitative estimate of drug-likeness (QED) is 0.518. The van der Waals surface area contributed by atoms with Crippen LogP contribution in [-0.4, -0.2) is 23.8 Å². The van der Waals surface area contributed by atoms with Crippen LogP contribution >= 0.6 is 11.3 Å². The van der Waals surface area contributed by atoms with E-state index < -0.39 is 24.2 Å². The number of rotatable bonds is 6. The fraction of sp³-hybridized carbons (Fsp3) is 0.208. The van der Waals surface area contributed by atoms with Gasteiger partial charge in [-0.05, 0) is 31.6 Å². The lowest BCUT2D eigenvalue weighted by Gasteiger charge is -2.24. The molecule has 1 aliphatic rings. The number of thiazole rings is 1. The average Bonchev–Trinajstić information content (AvgIpc) is 3.09. The molecule has 3 aromatic rings. The standard InChI is InChI=1S/C24H20F2N2O4S/c1-3-31-22(30)19-14(2)27-24-28(20(19)15-9-5-4-6-10-15)21(29)18(33-24)13-16-11-7-8-12-17(16)32-23(25)26/h4-13,20,23H,3H2,1-2H3/b18-13+/t20-/m0/s1. The van der Waals surface area contributed by atoms with Gasteiger partial charge in [-0.15, -0.1) is 0 Å². The van der Waals surface area contributed by atoms with Crippen LogP contribution in [-0.2, 0) is 9.53 Å². The Morgan fingerprint density at radius 1 is 1.18 bits per heavy atom. The molecule has 9 heteroatoms. The van der Waals surface area contributed by atoms with Crippen molar-refractivity contribution in [2.75, 3.05) is 6.61 Å². The molecule has 0 spiro atoms. The zero-order valence-corrected chi connectivity index (χ0v) is 18.6. The average molecular weight is 470 g/mol. The fourth-order valence-electron chi connectivity index (χ4n) is 3.69. The summed E-state index contributed by atoms with van der Waals surface area (Å²) >= 11 is 1.11. The first-order valence-electron chi connectivity index (χ1n) is 10.2. The van der Waals surface area contributed by atoms with Crippen LogP contribution in [0.2, 0.25) is 0 Å². The van der Waals surface area contributed by atoms with Gasteiger partial charge in [0, 0.05) is 5.56 Å². The van der Waals surface area contributed by atoms with Crippen molar-refractivity contribution in [2.24, 2.45) is 4.99 Å². The summed E-state index contributed by atoms with van der Waals surface area (Å²) in [7, 11) is 0. The van der Waals surface area contributed by atoms with E-state index in [0.29, 0.717) is 16.1 Å². The Labute approximate surface area is 191 Å². The molecule has 1 aliphatic heterocycles. The van der Waals surface area contributed by atoms with Crippen LogP contribution < -0.4 is 19.6 Å². The highest BCUT2D eigenvalue weighted by molar-refractivity contribution is 7.07. The Kier molecular flexibility index (Phi) is 6.50. The molecule has 0 radical (unpaired) electrons. The van der Waals surface area contributed by atoms with Crippen molar-refractivity contribution in [2.45, 2.75) is 26.5 Å². The number of para-hydroxylation sites is 1. The van der Waals surface area contributed by atoms with Gasteiger partial charge in [0.2, 0.25) is 0 Å². The minimum atomic E-state index is -2.99. The van der Waals surface area contributed by atoms with Crippen molar-refractivity contribution in [3.05, 3.63) is 96.7 Å². The highest BCUT2D eigenvalue weighted by Crippen LogP contribution is 2.30. The summed E-state index contributed by atoms with van der Waals surface area (Å²) in [6.45, 7) is 0.598. The number of fused-ring (bicyclic) bond motifs is 1. The van der Waals surface area contributed by atoms with Gasteiger partial charge in [-0.2, -0.15) is 8.78 Å². The van der Waals surface area contributed by atoms with Crippen LogP contribution in [0.1, 0.15) is 31.0 Å². The molecule has 33 heavy (non-hydrogen) atoms. The number of aromatic nitrogens is 1. The van der Waals surface area contributed by atoms with Crippen LogP contribution in [0.5, 0.6) is 5.75 Å². The second-order valence-electron chi connectivity index (χ2n) is 7.13. The summed E-state index contributed by atoms with van der Waals surface area (Å²) in [6, 6.07) is 14.6. The van der Waals surface area contributed by atoms with Crippen molar-refractivity contribution in [1.29, 1.82) is 0 Å². The number of alkyl halides is 2. The number of esters is 1. The summed E-state index contributed by atoms with van der Waals surface area (Å²) in [6.07, 6.45) is 1.49. The van der Waals surface area contributed by atoms with Crippen LogP contribution in [0.4, 0.5) is 8.78 Å². The Balaban J connectivity index is 1.93. The molecule has 0 saturated carbocycles. The molecule has 0 amide bonds. The number of nitrogens with zero attached hydrogens (tertiary/aromatic N) is 2. The number of carbonyl (C=O) groups is 1. The molecule has 0 saturated heterocycles. The topological polar surface area (TPSA) is 69.9 Å². The Morgan fingerprint density at radius 3 is 2.58 bits per heavy atom. The molecule has 2 heterocycles. The maximum Gasteiger partial charge on any atom is 0.387 e. The number of hydrogen-bond donors (Lipinski definition) is 0. The third-order valence-corrected chi connectivity index (χ3v) is 6.04. The zero-order chi connectivity index (χ0) is 23.5. The van der Waals surface area contributed by atoms with Gasteiger partial charge in [0.1, 0.15) is 5.75 Å². The summed E-state index contributed by atoms with van der Waals surface area (Å²) in [4.78, 5) is 31.2. The van der Waals surface area contributed by atoms with E-state index in [1.165, 1.54) is 16.7 Å². The second kappa shape index (κ2) is 9.50. The molecule has 2 aromatic carbocycles. The fourth-order valence-corrected chi connectivity index (χ4v) is 4.72. The van der Waals surface area contributed by atoms with Gasteiger partial charge in [-0.3, -0.25) is 9.36 Å². The van der Waals surface area contributed by atoms with Gasteiger partial charge < -0.3 is 9.47 Å². The van der Waals surface area contributed by atoms with E-state index in [2.05, 4.69) is 9.73 Å². The van der Waals surface area contributed by atoms with Crippen LogP contribution in [0.25, 0.3) is 6.08 Å². The maximum absolute atomic E-state index is 13.5. The predicted octanol–water partition coefficient (Wildman–Crippen LogP) is 3.40. The van der Waals surface area contributed by atoms with E-state index in [4.69, 9.17) is 4.74 Å². The second-order valence-corrected chi connectivity index (χ2v) is 8.14. The van der Waals surface area contributed by atoms with Crippen LogP contribution in [0.15, 0.2) is 75.7 Å². The van der Waals surface area contributed by atoms with Gasteiger partial charge in [-0.25, -0.2) is 9.79 Å². The van der Waals surface area contributed by atoms with Crippen molar-refractivity contribution in [1.82, 2.24) is 4.57 Å². The van der Waals surface area contributed by atoms with E-state index in [-0.39, 0.29) is 22.5 Å². The molecule has 4 rings (SSSR count). The molecular weight excluding hydrogens is 450 g/mol.